The van der Waals surface area contributed by atoms with Crippen molar-refractivity contribution in [1.82, 2.24) is 4.98 Å². The number of anilines is 3. The molecule has 3 N–H and O–H groups in total. The van der Waals surface area contributed by atoms with Crippen molar-refractivity contribution in [1.29, 1.82) is 5.26 Å². The maximum absolute atomic E-state index is 8.80. The summed E-state index contributed by atoms with van der Waals surface area (Å²) >= 11 is 0. The van der Waals surface area contributed by atoms with Crippen LogP contribution in [-0.4, -0.2) is 4.98 Å². The molecule has 0 aliphatic rings. The molecular weight excluding hydrogens is 248 g/mol. The van der Waals surface area contributed by atoms with E-state index in [0.29, 0.717) is 5.56 Å². The average molecular weight is 260 g/mol. The fourth-order valence-corrected chi connectivity index (χ4v) is 2.11. The van der Waals surface area contributed by atoms with Crippen LogP contribution in [0.4, 0.5) is 17.1 Å². The van der Waals surface area contributed by atoms with Gasteiger partial charge in [-0.2, -0.15) is 5.26 Å². The van der Waals surface area contributed by atoms with Crippen molar-refractivity contribution in [2.24, 2.45) is 0 Å². The number of nitriles is 1. The molecule has 0 aliphatic carbocycles. The van der Waals surface area contributed by atoms with Crippen molar-refractivity contribution in [3.05, 3.63) is 60.4 Å². The minimum Gasteiger partial charge on any atom is -0.398 e. The van der Waals surface area contributed by atoms with E-state index in [2.05, 4.69) is 16.4 Å². The maximum atomic E-state index is 8.80. The largest absolute Gasteiger partial charge is 0.398 e. The van der Waals surface area contributed by atoms with Gasteiger partial charge in [-0.05, 0) is 42.5 Å². The van der Waals surface area contributed by atoms with Crippen LogP contribution in [0.5, 0.6) is 0 Å². The van der Waals surface area contributed by atoms with E-state index < -0.39 is 0 Å². The van der Waals surface area contributed by atoms with Crippen LogP contribution >= 0.6 is 0 Å². The van der Waals surface area contributed by atoms with E-state index in [0.717, 1.165) is 27.8 Å². The van der Waals surface area contributed by atoms with Gasteiger partial charge in [-0.1, -0.05) is 0 Å². The number of hydrogen-bond acceptors (Lipinski definition) is 4. The zero-order valence-electron chi connectivity index (χ0n) is 10.7. The van der Waals surface area contributed by atoms with Crippen LogP contribution in [0.25, 0.3) is 10.8 Å². The number of nitrogens with one attached hydrogen (secondary N) is 1. The van der Waals surface area contributed by atoms with Gasteiger partial charge in [0.25, 0.3) is 0 Å². The lowest BCUT2D eigenvalue weighted by Gasteiger charge is -2.11. The Morgan fingerprint density at radius 2 is 1.80 bits per heavy atom. The first-order chi connectivity index (χ1) is 9.78. The Balaban J connectivity index is 2.02. The second-order valence-corrected chi connectivity index (χ2v) is 4.44. The molecule has 0 saturated heterocycles. The van der Waals surface area contributed by atoms with Crippen molar-refractivity contribution in [3.8, 4) is 6.07 Å². The third kappa shape index (κ3) is 2.13. The van der Waals surface area contributed by atoms with Gasteiger partial charge in [0, 0.05) is 40.2 Å². The summed E-state index contributed by atoms with van der Waals surface area (Å²) in [6.45, 7) is 0. The molecule has 3 rings (SSSR count). The first-order valence-electron chi connectivity index (χ1n) is 6.17. The maximum Gasteiger partial charge on any atom is 0.0991 e. The second-order valence-electron chi connectivity index (χ2n) is 4.44. The average Bonchev–Trinajstić information content (AvgIpc) is 2.51. The van der Waals surface area contributed by atoms with Crippen LogP contribution in [0.15, 0.2) is 54.9 Å². The Labute approximate surface area is 116 Å². The molecule has 0 bridgehead atoms. The summed E-state index contributed by atoms with van der Waals surface area (Å²) in [5.41, 5.74) is 9.19. The quantitative estimate of drug-likeness (QED) is 0.692. The second kappa shape index (κ2) is 4.90. The summed E-state index contributed by atoms with van der Waals surface area (Å²) in [5.74, 6) is 0. The third-order valence-electron chi connectivity index (χ3n) is 3.14. The molecular formula is C16H12N4. The van der Waals surface area contributed by atoms with E-state index in [9.17, 15) is 0 Å². The molecule has 0 unspecified atom stereocenters. The van der Waals surface area contributed by atoms with Gasteiger partial charge in [0.15, 0.2) is 0 Å². The molecule has 0 fully saturated rings. The highest BCUT2D eigenvalue weighted by molar-refractivity contribution is 6.01. The number of fused-ring (bicyclic) bond motifs is 1. The first-order valence-corrected chi connectivity index (χ1v) is 6.17. The van der Waals surface area contributed by atoms with Gasteiger partial charge in [-0.3, -0.25) is 4.98 Å². The van der Waals surface area contributed by atoms with Crippen molar-refractivity contribution < 1.29 is 0 Å². The number of aromatic nitrogens is 1. The summed E-state index contributed by atoms with van der Waals surface area (Å²) < 4.78 is 0. The number of nitrogens with two attached hydrogens (primary N) is 1. The molecule has 0 amide bonds. The third-order valence-corrected chi connectivity index (χ3v) is 3.14. The van der Waals surface area contributed by atoms with E-state index in [1.807, 2.05) is 30.3 Å². The van der Waals surface area contributed by atoms with Gasteiger partial charge >= 0.3 is 0 Å². The molecule has 3 aromatic rings. The molecule has 1 heterocycles. The Kier molecular flexibility index (Phi) is 2.94. The van der Waals surface area contributed by atoms with Crippen LogP contribution in [0, 0.1) is 11.3 Å². The molecule has 1 aromatic heterocycles. The lowest BCUT2D eigenvalue weighted by molar-refractivity contribution is 1.36. The Bertz CT molecular complexity index is 801. The standard InChI is InChI=1S/C16H12N4/c17-9-11-1-3-12(4-2-11)20-16-6-5-15(18)13-7-8-19-10-14(13)16/h1-8,10,20H,18H2. The van der Waals surface area contributed by atoms with Gasteiger partial charge in [0.05, 0.1) is 11.6 Å². The first kappa shape index (κ1) is 12.0. The van der Waals surface area contributed by atoms with Gasteiger partial charge in [-0.15, -0.1) is 0 Å². The molecule has 4 nitrogen and oxygen atoms in total. The topological polar surface area (TPSA) is 74.7 Å². The van der Waals surface area contributed by atoms with Crippen LogP contribution in [0.2, 0.25) is 0 Å². The van der Waals surface area contributed by atoms with E-state index in [4.69, 9.17) is 11.0 Å². The SMILES string of the molecule is N#Cc1ccc(Nc2ccc(N)c3ccncc23)cc1. The summed E-state index contributed by atoms with van der Waals surface area (Å²) in [6, 6.07) is 15.1. The van der Waals surface area contributed by atoms with Crippen molar-refractivity contribution >= 4 is 27.8 Å². The normalized spacial score (nSPS) is 10.2. The highest BCUT2D eigenvalue weighted by atomic mass is 14.9. The predicted octanol–water partition coefficient (Wildman–Crippen LogP) is 3.43. The molecule has 96 valence electrons. The number of nitrogens with zero attached hydrogens (tertiary/aromatic N) is 2. The van der Waals surface area contributed by atoms with Crippen LogP contribution < -0.4 is 11.1 Å². The minimum absolute atomic E-state index is 0.638. The summed E-state index contributed by atoms with van der Waals surface area (Å²) in [4.78, 5) is 4.15. The van der Waals surface area contributed by atoms with Gasteiger partial charge < -0.3 is 11.1 Å². The molecule has 0 saturated carbocycles. The Morgan fingerprint density at radius 1 is 1.00 bits per heavy atom. The Hall–Kier alpha value is -3.06. The van der Waals surface area contributed by atoms with Gasteiger partial charge in [0.2, 0.25) is 0 Å². The number of pyridine rings is 1. The highest BCUT2D eigenvalue weighted by Gasteiger charge is 2.04. The van der Waals surface area contributed by atoms with Crippen LogP contribution in [0.1, 0.15) is 5.56 Å². The fourth-order valence-electron chi connectivity index (χ4n) is 2.11. The van der Waals surface area contributed by atoms with Crippen molar-refractivity contribution in [2.45, 2.75) is 0 Å². The number of benzene rings is 2. The smallest absolute Gasteiger partial charge is 0.0991 e. The van der Waals surface area contributed by atoms with E-state index in [1.165, 1.54) is 0 Å². The highest BCUT2D eigenvalue weighted by Crippen LogP contribution is 2.29. The van der Waals surface area contributed by atoms with E-state index >= 15 is 0 Å². The van der Waals surface area contributed by atoms with E-state index in [1.54, 1.807) is 24.5 Å². The molecule has 4 heteroatoms. The zero-order valence-corrected chi connectivity index (χ0v) is 10.7. The van der Waals surface area contributed by atoms with Crippen molar-refractivity contribution in [3.63, 3.8) is 0 Å². The lowest BCUT2D eigenvalue weighted by Crippen LogP contribution is -1.94. The molecule has 0 spiro atoms. The van der Waals surface area contributed by atoms with Crippen molar-refractivity contribution in [2.75, 3.05) is 11.1 Å². The monoisotopic (exact) mass is 260 g/mol. The summed E-state index contributed by atoms with van der Waals surface area (Å²) in [5, 5.41) is 14.1. The van der Waals surface area contributed by atoms with Crippen LogP contribution in [-0.2, 0) is 0 Å². The Morgan fingerprint density at radius 3 is 2.55 bits per heavy atom. The summed E-state index contributed by atoms with van der Waals surface area (Å²) in [7, 11) is 0. The molecule has 0 atom stereocenters. The molecule has 20 heavy (non-hydrogen) atoms. The molecule has 2 aromatic carbocycles. The number of hydrogen-bond donors (Lipinski definition) is 2. The lowest BCUT2D eigenvalue weighted by atomic mass is 10.1. The molecule has 0 aliphatic heterocycles. The van der Waals surface area contributed by atoms with Gasteiger partial charge in [-0.25, -0.2) is 0 Å². The minimum atomic E-state index is 0.638. The molecule has 0 radical (unpaired) electrons. The summed E-state index contributed by atoms with van der Waals surface area (Å²) in [6.07, 6.45) is 3.52. The fraction of sp³-hybridized carbons (Fsp3) is 0. The van der Waals surface area contributed by atoms with E-state index in [-0.39, 0.29) is 0 Å². The predicted molar refractivity (Wildman–Crippen MR) is 80.6 cm³/mol. The number of nitrogen functional groups attached to an aromatic ring is 1. The van der Waals surface area contributed by atoms with Crippen LogP contribution in [0.3, 0.4) is 0 Å². The van der Waals surface area contributed by atoms with Gasteiger partial charge in [0.1, 0.15) is 0 Å². The zero-order chi connectivity index (χ0) is 13.9. The number of rotatable bonds is 2.